The van der Waals surface area contributed by atoms with Gasteiger partial charge in [0, 0.05) is 5.56 Å². The predicted octanol–water partition coefficient (Wildman–Crippen LogP) is 2.81. The van der Waals surface area contributed by atoms with Crippen LogP contribution in [-0.4, -0.2) is 39.8 Å². The summed E-state index contributed by atoms with van der Waals surface area (Å²) in [5, 5.41) is 19.1. The van der Waals surface area contributed by atoms with Gasteiger partial charge < -0.3 is 30.4 Å². The summed E-state index contributed by atoms with van der Waals surface area (Å²) >= 11 is 1.97. The van der Waals surface area contributed by atoms with Gasteiger partial charge in [-0.2, -0.15) is 0 Å². The Hall–Kier alpha value is -2.76. The minimum absolute atomic E-state index is 0.155. The maximum atomic E-state index is 12.2. The van der Waals surface area contributed by atoms with Gasteiger partial charge in [-0.15, -0.1) is 0 Å². The summed E-state index contributed by atoms with van der Waals surface area (Å²) in [6.07, 6.45) is -0.155. The highest BCUT2D eigenvalue weighted by Crippen LogP contribution is 2.40. The zero-order valence-corrected chi connectivity index (χ0v) is 17.5. The highest BCUT2D eigenvalue weighted by atomic mass is 127. The van der Waals surface area contributed by atoms with Crippen LogP contribution in [0.2, 0.25) is 0 Å². The summed E-state index contributed by atoms with van der Waals surface area (Å²) in [6, 6.07) is 2.96. The molecular formula is C18H19IN2O7. The van der Waals surface area contributed by atoms with Crippen LogP contribution in [0.5, 0.6) is 11.5 Å². The summed E-state index contributed by atoms with van der Waals surface area (Å²) in [6.45, 7) is 5.72. The first-order valence-corrected chi connectivity index (χ1v) is 9.32. The number of aromatic nitrogens is 1. The lowest BCUT2D eigenvalue weighted by atomic mass is 9.95. The predicted molar refractivity (Wildman–Crippen MR) is 110 cm³/mol. The van der Waals surface area contributed by atoms with Gasteiger partial charge in [-0.1, -0.05) is 0 Å². The zero-order chi connectivity index (χ0) is 21.2. The molecule has 0 bridgehead atoms. The van der Waals surface area contributed by atoms with Crippen molar-refractivity contribution < 1.29 is 29.3 Å². The van der Waals surface area contributed by atoms with Crippen molar-refractivity contribution in [3.8, 4) is 22.6 Å². The summed E-state index contributed by atoms with van der Waals surface area (Å²) in [4.78, 5) is 37.7. The second-order valence-corrected chi connectivity index (χ2v) is 7.15. The summed E-state index contributed by atoms with van der Waals surface area (Å²) in [5.41, 5.74) is 3.31. The first-order valence-electron chi connectivity index (χ1n) is 8.24. The fraction of sp³-hybridized carbons (Fsp3) is 0.278. The zero-order valence-electron chi connectivity index (χ0n) is 15.3. The minimum Gasteiger partial charge on any atom is -0.490 e. The molecule has 0 spiro atoms. The lowest BCUT2D eigenvalue weighted by molar-refractivity contribution is 0.0695. The topological polar surface area (TPSA) is 152 Å². The Bertz CT molecular complexity index is 998. The van der Waals surface area contributed by atoms with E-state index in [-0.39, 0.29) is 17.2 Å². The maximum Gasteiger partial charge on any atom is 0.342 e. The van der Waals surface area contributed by atoms with E-state index in [9.17, 15) is 24.6 Å². The van der Waals surface area contributed by atoms with E-state index in [1.165, 1.54) is 12.1 Å². The second kappa shape index (κ2) is 8.50. The molecule has 1 heterocycles. The number of ether oxygens (including phenoxy) is 2. The van der Waals surface area contributed by atoms with E-state index in [4.69, 9.17) is 15.2 Å². The van der Waals surface area contributed by atoms with Crippen molar-refractivity contribution in [2.24, 2.45) is 0 Å². The van der Waals surface area contributed by atoms with Crippen LogP contribution >= 0.6 is 22.6 Å². The highest BCUT2D eigenvalue weighted by molar-refractivity contribution is 14.1. The number of benzene rings is 1. The van der Waals surface area contributed by atoms with Gasteiger partial charge in [0.15, 0.2) is 11.5 Å². The quantitative estimate of drug-likeness (QED) is 0.422. The van der Waals surface area contributed by atoms with Crippen LogP contribution < -0.4 is 20.8 Å². The Labute approximate surface area is 173 Å². The van der Waals surface area contributed by atoms with Gasteiger partial charge in [0.25, 0.3) is 5.56 Å². The van der Waals surface area contributed by atoms with Crippen LogP contribution in [0, 0.1) is 3.57 Å². The number of nitrogens with one attached hydrogen (secondary N) is 1. The largest absolute Gasteiger partial charge is 0.490 e. The Morgan fingerprint density at radius 2 is 1.82 bits per heavy atom. The van der Waals surface area contributed by atoms with Crippen LogP contribution in [0.15, 0.2) is 16.9 Å². The fourth-order valence-electron chi connectivity index (χ4n) is 2.66. The molecule has 0 saturated heterocycles. The third-order valence-corrected chi connectivity index (χ3v) is 4.43. The standard InChI is InChI=1S/C18H19IN2O7/c1-4-27-10-6-8(5-9(19)14(10)28-7(2)3)11-12(17(23)24)15(20)21-16(22)13(11)18(25)26/h5-7H,4H2,1-3H3,(H,23,24)(H,25,26)(H3,20,21,22). The number of rotatable bonds is 7. The van der Waals surface area contributed by atoms with Crippen molar-refractivity contribution in [2.75, 3.05) is 12.3 Å². The number of aromatic amines is 1. The van der Waals surface area contributed by atoms with Gasteiger partial charge in [-0.25, -0.2) is 9.59 Å². The summed E-state index contributed by atoms with van der Waals surface area (Å²) in [7, 11) is 0. The Kier molecular flexibility index (Phi) is 6.54. The monoisotopic (exact) mass is 502 g/mol. The molecule has 0 unspecified atom stereocenters. The van der Waals surface area contributed by atoms with E-state index >= 15 is 0 Å². The molecule has 2 rings (SSSR count). The fourth-order valence-corrected chi connectivity index (χ4v) is 3.39. The smallest absolute Gasteiger partial charge is 0.342 e. The maximum absolute atomic E-state index is 12.2. The SMILES string of the molecule is CCOc1cc(-c2c(C(=O)O)c(N)[nH]c(=O)c2C(=O)O)cc(I)c1OC(C)C. The lowest BCUT2D eigenvalue weighted by Crippen LogP contribution is -2.24. The molecule has 0 fully saturated rings. The lowest BCUT2D eigenvalue weighted by Gasteiger charge is -2.19. The van der Waals surface area contributed by atoms with Gasteiger partial charge in [0.1, 0.15) is 16.9 Å². The van der Waals surface area contributed by atoms with Crippen molar-refractivity contribution in [3.63, 3.8) is 0 Å². The number of pyridine rings is 1. The number of nitrogens with two attached hydrogens (primary N) is 1. The van der Waals surface area contributed by atoms with Crippen LogP contribution in [0.1, 0.15) is 41.5 Å². The molecule has 150 valence electrons. The van der Waals surface area contributed by atoms with Crippen molar-refractivity contribution >= 4 is 40.3 Å². The van der Waals surface area contributed by atoms with Crippen LogP contribution in [0.25, 0.3) is 11.1 Å². The van der Waals surface area contributed by atoms with E-state index in [0.717, 1.165) is 0 Å². The molecule has 10 heteroatoms. The van der Waals surface area contributed by atoms with Crippen molar-refractivity contribution in [1.29, 1.82) is 0 Å². The average molecular weight is 502 g/mol. The Morgan fingerprint density at radius 1 is 1.21 bits per heavy atom. The molecule has 1 aromatic carbocycles. The van der Waals surface area contributed by atoms with E-state index in [1.807, 2.05) is 36.4 Å². The number of carboxylic acids is 2. The van der Waals surface area contributed by atoms with Gasteiger partial charge in [0.05, 0.1) is 16.3 Å². The highest BCUT2D eigenvalue weighted by Gasteiger charge is 2.28. The van der Waals surface area contributed by atoms with Crippen LogP contribution in [0.4, 0.5) is 5.82 Å². The first kappa shape index (κ1) is 21.5. The first-order chi connectivity index (χ1) is 13.1. The normalized spacial score (nSPS) is 10.8. The summed E-state index contributed by atoms with van der Waals surface area (Å²) < 4.78 is 11.9. The third-order valence-electron chi connectivity index (χ3n) is 3.62. The van der Waals surface area contributed by atoms with Crippen LogP contribution in [-0.2, 0) is 0 Å². The molecule has 28 heavy (non-hydrogen) atoms. The number of aromatic carboxylic acids is 2. The van der Waals surface area contributed by atoms with Gasteiger partial charge in [-0.3, -0.25) is 4.79 Å². The Morgan fingerprint density at radius 3 is 2.32 bits per heavy atom. The van der Waals surface area contributed by atoms with Crippen molar-refractivity contribution in [1.82, 2.24) is 4.98 Å². The van der Waals surface area contributed by atoms with Gasteiger partial charge in [0.2, 0.25) is 0 Å². The average Bonchev–Trinajstić information content (AvgIpc) is 2.56. The number of carbonyl (C=O) groups is 2. The number of carboxylic acid groups (broad SMARTS) is 2. The summed E-state index contributed by atoms with van der Waals surface area (Å²) in [5.74, 6) is -2.75. The molecule has 0 radical (unpaired) electrons. The molecular weight excluding hydrogens is 483 g/mol. The molecule has 2 aromatic rings. The molecule has 0 aliphatic carbocycles. The molecule has 0 amide bonds. The molecule has 0 saturated carbocycles. The number of anilines is 1. The molecule has 0 aliphatic heterocycles. The van der Waals surface area contributed by atoms with Gasteiger partial charge in [-0.05, 0) is 61.1 Å². The van der Waals surface area contributed by atoms with Gasteiger partial charge >= 0.3 is 11.9 Å². The number of halogens is 1. The van der Waals surface area contributed by atoms with E-state index in [0.29, 0.717) is 21.7 Å². The molecule has 0 aliphatic rings. The molecule has 0 atom stereocenters. The molecule has 1 aromatic heterocycles. The van der Waals surface area contributed by atoms with Crippen LogP contribution in [0.3, 0.4) is 0 Å². The number of hydrogen-bond donors (Lipinski definition) is 4. The van der Waals surface area contributed by atoms with E-state index in [2.05, 4.69) is 4.98 Å². The van der Waals surface area contributed by atoms with Crippen molar-refractivity contribution in [3.05, 3.63) is 37.2 Å². The Balaban J connectivity index is 2.93. The number of nitrogen functional groups attached to an aromatic ring is 1. The molecule has 5 N–H and O–H groups in total. The van der Waals surface area contributed by atoms with E-state index < -0.39 is 34.4 Å². The second-order valence-electron chi connectivity index (χ2n) is 5.99. The van der Waals surface area contributed by atoms with E-state index in [1.54, 1.807) is 6.92 Å². The number of H-pyrrole nitrogens is 1. The minimum atomic E-state index is -1.57. The van der Waals surface area contributed by atoms with Crippen molar-refractivity contribution in [2.45, 2.75) is 26.9 Å². The molecule has 9 nitrogen and oxygen atoms in total. The number of hydrogen-bond acceptors (Lipinski definition) is 6. The third kappa shape index (κ3) is 4.21.